The Morgan fingerprint density at radius 1 is 0.656 bits per heavy atom. The molecule has 0 saturated heterocycles. The summed E-state index contributed by atoms with van der Waals surface area (Å²) >= 11 is 0. The lowest BCUT2D eigenvalue weighted by atomic mass is 10.2. The van der Waals surface area contributed by atoms with Crippen LogP contribution in [-0.2, 0) is 19.6 Å². The van der Waals surface area contributed by atoms with Crippen molar-refractivity contribution >= 4 is 11.9 Å². The van der Waals surface area contributed by atoms with Crippen LogP contribution >= 0.6 is 0 Å². The van der Waals surface area contributed by atoms with Crippen LogP contribution in [0.2, 0.25) is 0 Å². The lowest BCUT2D eigenvalue weighted by Gasteiger charge is -2.14. The standard InChI is InChI=1S/C22H24O10/c1-6-7-20(29-31-21(23)14-8-10-16(25-2)18(12-14)27-4)30-32-22(24)15-9-11-17(26-3)19(13-15)28-5/h8-13H,1,6-7H2,2-5H3. The van der Waals surface area contributed by atoms with E-state index < -0.39 is 11.9 Å². The molecule has 0 bridgehead atoms. The molecule has 0 heterocycles. The smallest absolute Gasteiger partial charge is 0.373 e. The molecule has 0 saturated carbocycles. The summed E-state index contributed by atoms with van der Waals surface area (Å²) in [6, 6.07) is 8.85. The van der Waals surface area contributed by atoms with Crippen molar-refractivity contribution in [2.24, 2.45) is 0 Å². The summed E-state index contributed by atoms with van der Waals surface area (Å²) in [6.07, 6.45) is 0.137. The zero-order valence-electron chi connectivity index (χ0n) is 18.2. The van der Waals surface area contributed by atoms with Crippen LogP contribution in [0.5, 0.6) is 23.0 Å². The topological polar surface area (TPSA) is 108 Å². The van der Waals surface area contributed by atoms with Gasteiger partial charge in [0.05, 0.1) is 39.6 Å². The molecule has 0 spiro atoms. The van der Waals surface area contributed by atoms with Crippen molar-refractivity contribution in [3.8, 4) is 23.0 Å². The first-order valence-corrected chi connectivity index (χ1v) is 9.34. The average molecular weight is 448 g/mol. The number of hydrogen-bond acceptors (Lipinski definition) is 10. The molecule has 0 fully saturated rings. The van der Waals surface area contributed by atoms with E-state index in [9.17, 15) is 9.59 Å². The minimum Gasteiger partial charge on any atom is -0.493 e. The fourth-order valence-corrected chi connectivity index (χ4v) is 2.43. The van der Waals surface area contributed by atoms with Crippen LogP contribution in [0, 0.1) is 13.2 Å². The molecule has 172 valence electrons. The Bertz CT molecular complexity index is 840. The largest absolute Gasteiger partial charge is 0.493 e. The minimum atomic E-state index is -0.831. The summed E-state index contributed by atoms with van der Waals surface area (Å²) in [6.45, 7) is 3.66. The van der Waals surface area contributed by atoms with E-state index in [2.05, 4.69) is 6.92 Å². The number of benzene rings is 2. The summed E-state index contributed by atoms with van der Waals surface area (Å²) in [5, 5.41) is 0. The molecular weight excluding hydrogens is 424 g/mol. The van der Waals surface area contributed by atoms with Gasteiger partial charge in [0.1, 0.15) is 0 Å². The molecule has 0 unspecified atom stereocenters. The van der Waals surface area contributed by atoms with E-state index in [4.69, 9.17) is 38.5 Å². The van der Waals surface area contributed by atoms with Crippen molar-refractivity contribution in [2.75, 3.05) is 28.4 Å². The Hall–Kier alpha value is -3.50. The van der Waals surface area contributed by atoms with Gasteiger partial charge in [-0.05, 0) is 42.8 Å². The van der Waals surface area contributed by atoms with E-state index in [-0.39, 0.29) is 23.8 Å². The molecule has 0 aliphatic carbocycles. The van der Waals surface area contributed by atoms with E-state index in [1.165, 1.54) is 64.8 Å². The van der Waals surface area contributed by atoms with Crippen LogP contribution < -0.4 is 18.9 Å². The third kappa shape index (κ3) is 6.50. The fourth-order valence-electron chi connectivity index (χ4n) is 2.43. The lowest BCUT2D eigenvalue weighted by Crippen LogP contribution is -2.16. The second-order valence-electron chi connectivity index (χ2n) is 6.02. The average Bonchev–Trinajstić information content (AvgIpc) is 2.84. The monoisotopic (exact) mass is 448 g/mol. The molecule has 0 N–H and O–H groups in total. The van der Waals surface area contributed by atoms with E-state index in [1.807, 2.05) is 0 Å². The summed E-state index contributed by atoms with van der Waals surface area (Å²) < 4.78 is 20.5. The van der Waals surface area contributed by atoms with Crippen molar-refractivity contribution in [2.45, 2.75) is 12.8 Å². The number of carbonyl (C=O) groups excluding carboxylic acids is 2. The zero-order valence-corrected chi connectivity index (χ0v) is 18.2. The van der Waals surface area contributed by atoms with Gasteiger partial charge in [-0.3, -0.25) is 9.78 Å². The molecule has 10 nitrogen and oxygen atoms in total. The van der Waals surface area contributed by atoms with Gasteiger partial charge in [0, 0.05) is 6.42 Å². The maximum atomic E-state index is 12.3. The molecule has 2 aromatic carbocycles. The number of carbonyl (C=O) groups is 2. The second-order valence-corrected chi connectivity index (χ2v) is 6.02. The van der Waals surface area contributed by atoms with Gasteiger partial charge in [-0.15, -0.1) is 9.78 Å². The maximum absolute atomic E-state index is 12.3. The van der Waals surface area contributed by atoms with E-state index in [1.54, 1.807) is 0 Å². The normalized spacial score (nSPS) is 10.4. The highest BCUT2D eigenvalue weighted by Crippen LogP contribution is 2.29. The van der Waals surface area contributed by atoms with Gasteiger partial charge in [0.25, 0.3) is 0 Å². The summed E-state index contributed by atoms with van der Waals surface area (Å²) in [5.41, 5.74) is 0.276. The van der Waals surface area contributed by atoms with Gasteiger partial charge in [-0.1, -0.05) is 6.92 Å². The highest BCUT2D eigenvalue weighted by molar-refractivity contribution is 5.90. The van der Waals surface area contributed by atoms with Crippen LogP contribution in [0.15, 0.2) is 36.4 Å². The van der Waals surface area contributed by atoms with Crippen molar-refractivity contribution in [1.29, 1.82) is 0 Å². The highest BCUT2D eigenvalue weighted by Gasteiger charge is 2.22. The fraction of sp³-hybridized carbons (Fsp3) is 0.273. The van der Waals surface area contributed by atoms with Gasteiger partial charge in [0.2, 0.25) is 0 Å². The van der Waals surface area contributed by atoms with Gasteiger partial charge in [-0.2, -0.15) is 0 Å². The molecule has 10 heteroatoms. The Kier molecular flexibility index (Phi) is 9.58. The molecule has 0 atom stereocenters. The van der Waals surface area contributed by atoms with E-state index in [0.717, 1.165) is 0 Å². The van der Waals surface area contributed by atoms with E-state index in [0.29, 0.717) is 29.4 Å². The van der Waals surface area contributed by atoms with Crippen LogP contribution in [0.25, 0.3) is 0 Å². The molecule has 2 radical (unpaired) electrons. The van der Waals surface area contributed by atoms with Gasteiger partial charge < -0.3 is 18.9 Å². The van der Waals surface area contributed by atoms with Crippen LogP contribution in [0.4, 0.5) is 0 Å². The Morgan fingerprint density at radius 3 is 1.41 bits per heavy atom. The number of rotatable bonds is 12. The predicted molar refractivity (Wildman–Crippen MR) is 110 cm³/mol. The van der Waals surface area contributed by atoms with Crippen LogP contribution in [0.1, 0.15) is 33.6 Å². The zero-order chi connectivity index (χ0) is 23.5. The highest BCUT2D eigenvalue weighted by atomic mass is 17.3. The van der Waals surface area contributed by atoms with Crippen LogP contribution in [-0.4, -0.2) is 40.4 Å². The Balaban J connectivity index is 1.96. The number of ether oxygens (including phenoxy) is 4. The van der Waals surface area contributed by atoms with Gasteiger partial charge in [0.15, 0.2) is 23.0 Å². The van der Waals surface area contributed by atoms with Crippen molar-refractivity contribution in [1.82, 2.24) is 0 Å². The molecule has 2 aromatic rings. The minimum absolute atomic E-state index is 0.0957. The van der Waals surface area contributed by atoms with E-state index >= 15 is 0 Å². The van der Waals surface area contributed by atoms with Crippen molar-refractivity contribution in [3.05, 3.63) is 60.7 Å². The summed E-state index contributed by atoms with van der Waals surface area (Å²) in [5.74, 6) is -0.0999. The van der Waals surface area contributed by atoms with Gasteiger partial charge in [-0.25, -0.2) is 9.59 Å². The number of methoxy groups -OCH3 is 4. The first-order chi connectivity index (χ1) is 15.5. The lowest BCUT2D eigenvalue weighted by molar-refractivity contribution is -0.363. The van der Waals surface area contributed by atoms with Crippen LogP contribution in [0.3, 0.4) is 0 Å². The quantitative estimate of drug-likeness (QED) is 0.352. The van der Waals surface area contributed by atoms with Crippen molar-refractivity contribution in [3.63, 3.8) is 0 Å². The third-order valence-electron chi connectivity index (χ3n) is 4.04. The van der Waals surface area contributed by atoms with Crippen molar-refractivity contribution < 1.29 is 48.1 Å². The Labute approximate surface area is 185 Å². The third-order valence-corrected chi connectivity index (χ3v) is 4.04. The molecular formula is C22H24O10. The SMILES string of the molecule is [CH2]CC[C](OOC(=O)c1ccc(OC)c(OC)c1)OOC(=O)c1ccc(OC)c(OC)c1. The molecule has 0 aromatic heterocycles. The Morgan fingerprint density at radius 2 is 1.06 bits per heavy atom. The first kappa shape index (κ1) is 24.8. The predicted octanol–water partition coefficient (Wildman–Crippen LogP) is 3.70. The first-order valence-electron chi connectivity index (χ1n) is 9.34. The number of hydrogen-bond donors (Lipinski definition) is 0. The van der Waals surface area contributed by atoms with Gasteiger partial charge >= 0.3 is 18.2 Å². The molecule has 0 aliphatic rings. The molecule has 32 heavy (non-hydrogen) atoms. The second kappa shape index (κ2) is 12.4. The molecule has 0 aliphatic heterocycles. The summed E-state index contributed by atoms with van der Waals surface area (Å²) in [4.78, 5) is 43.9. The summed E-state index contributed by atoms with van der Waals surface area (Å²) in [7, 11) is 5.81. The molecule has 2 rings (SSSR count). The molecule has 0 amide bonds. The maximum Gasteiger partial charge on any atom is 0.373 e.